The largest absolute Gasteiger partial charge is 0.351 e. The molecule has 1 fully saturated rings. The number of rotatable bonds is 5. The summed E-state index contributed by atoms with van der Waals surface area (Å²) in [5, 5.41) is 4.05. The molecule has 8 nitrogen and oxygen atoms in total. The van der Waals surface area contributed by atoms with Gasteiger partial charge in [-0.25, -0.2) is 9.97 Å². The van der Waals surface area contributed by atoms with Gasteiger partial charge in [-0.05, 0) is 36.5 Å². The van der Waals surface area contributed by atoms with Crippen molar-refractivity contribution in [1.82, 2.24) is 25.0 Å². The van der Waals surface area contributed by atoms with Crippen LogP contribution >= 0.6 is 0 Å². The van der Waals surface area contributed by atoms with Crippen LogP contribution in [0.15, 0.2) is 41.3 Å². The lowest BCUT2D eigenvalue weighted by atomic mass is 10.0. The summed E-state index contributed by atoms with van der Waals surface area (Å²) in [5.74, 6) is 0.942. The summed E-state index contributed by atoms with van der Waals surface area (Å²) >= 11 is 0. The van der Waals surface area contributed by atoms with Crippen molar-refractivity contribution in [3.8, 4) is 11.1 Å². The molecular weight excluding hydrogens is 380 g/mol. The van der Waals surface area contributed by atoms with E-state index in [0.717, 1.165) is 35.4 Å². The summed E-state index contributed by atoms with van der Waals surface area (Å²) < 4.78 is 5.37. The Balaban J connectivity index is 1.74. The van der Waals surface area contributed by atoms with Crippen molar-refractivity contribution in [3.63, 3.8) is 0 Å². The number of anilines is 1. The van der Waals surface area contributed by atoms with Crippen molar-refractivity contribution in [3.05, 3.63) is 53.9 Å². The van der Waals surface area contributed by atoms with Gasteiger partial charge in [-0.15, -0.1) is 0 Å². The predicted octanol–water partition coefficient (Wildman–Crippen LogP) is 3.69. The molecule has 0 bridgehead atoms. The number of pyridine rings is 1. The molecule has 0 aliphatic carbocycles. The van der Waals surface area contributed by atoms with E-state index in [4.69, 9.17) is 9.51 Å². The van der Waals surface area contributed by atoms with E-state index >= 15 is 0 Å². The van der Waals surface area contributed by atoms with Crippen LogP contribution in [0.5, 0.6) is 0 Å². The van der Waals surface area contributed by atoms with Gasteiger partial charge >= 0.3 is 0 Å². The molecule has 0 saturated carbocycles. The summed E-state index contributed by atoms with van der Waals surface area (Å²) in [7, 11) is 3.81. The molecule has 1 unspecified atom stereocenters. The standard InChI is InChI=1S/C22H26N6O2/c1-14(2)17-12-19(30-26-17)21(29)28-11-5-6-18(28)20-16(15-7-9-23-10-8-15)13-24-22(25-20)27(3)4/h7-10,12-14,18H,5-6,11H2,1-4H3. The maximum absolute atomic E-state index is 13.3. The summed E-state index contributed by atoms with van der Waals surface area (Å²) in [4.78, 5) is 30.4. The lowest BCUT2D eigenvalue weighted by Crippen LogP contribution is -2.31. The molecule has 0 aromatic carbocycles. The molecule has 1 saturated heterocycles. The second-order valence-electron chi connectivity index (χ2n) is 8.03. The minimum Gasteiger partial charge on any atom is -0.351 e. The Morgan fingerprint density at radius 3 is 2.70 bits per heavy atom. The Labute approximate surface area is 175 Å². The zero-order chi connectivity index (χ0) is 21.3. The van der Waals surface area contributed by atoms with Crippen molar-refractivity contribution in [1.29, 1.82) is 0 Å². The molecule has 1 aliphatic rings. The third kappa shape index (κ3) is 3.77. The van der Waals surface area contributed by atoms with Gasteiger partial charge < -0.3 is 14.3 Å². The Bertz CT molecular complexity index is 1030. The first-order chi connectivity index (χ1) is 14.5. The summed E-state index contributed by atoms with van der Waals surface area (Å²) in [6.07, 6.45) is 7.06. The van der Waals surface area contributed by atoms with Gasteiger partial charge in [0.15, 0.2) is 0 Å². The third-order valence-electron chi connectivity index (χ3n) is 5.36. The Kier molecular flexibility index (Phi) is 5.48. The number of amides is 1. The van der Waals surface area contributed by atoms with Crippen molar-refractivity contribution in [2.45, 2.75) is 38.6 Å². The number of hydrogen-bond acceptors (Lipinski definition) is 7. The lowest BCUT2D eigenvalue weighted by molar-refractivity contribution is 0.0691. The molecule has 4 rings (SSSR count). The zero-order valence-corrected chi connectivity index (χ0v) is 17.7. The van der Waals surface area contributed by atoms with Crippen molar-refractivity contribution in [2.75, 3.05) is 25.5 Å². The smallest absolute Gasteiger partial charge is 0.293 e. The lowest BCUT2D eigenvalue weighted by Gasteiger charge is -2.26. The van der Waals surface area contributed by atoms with Gasteiger partial charge in [-0.1, -0.05) is 19.0 Å². The quantitative estimate of drug-likeness (QED) is 0.638. The van der Waals surface area contributed by atoms with E-state index in [2.05, 4.69) is 15.1 Å². The second kappa shape index (κ2) is 8.22. The van der Waals surface area contributed by atoms with Crippen LogP contribution in [0.4, 0.5) is 5.95 Å². The maximum Gasteiger partial charge on any atom is 0.293 e. The van der Waals surface area contributed by atoms with E-state index in [0.29, 0.717) is 12.5 Å². The van der Waals surface area contributed by atoms with Crippen LogP contribution in [0, 0.1) is 0 Å². The summed E-state index contributed by atoms with van der Waals surface area (Å²) in [6.45, 7) is 4.70. The third-order valence-corrected chi connectivity index (χ3v) is 5.36. The highest BCUT2D eigenvalue weighted by atomic mass is 16.5. The van der Waals surface area contributed by atoms with Crippen LogP contribution in [-0.4, -0.2) is 51.6 Å². The van der Waals surface area contributed by atoms with Crippen LogP contribution in [0.25, 0.3) is 11.1 Å². The molecule has 8 heteroatoms. The fourth-order valence-corrected chi connectivity index (χ4v) is 3.71. The molecule has 0 radical (unpaired) electrons. The Morgan fingerprint density at radius 1 is 1.27 bits per heavy atom. The van der Waals surface area contributed by atoms with Crippen molar-refractivity contribution < 1.29 is 9.32 Å². The number of aromatic nitrogens is 4. The first-order valence-electron chi connectivity index (χ1n) is 10.2. The van der Waals surface area contributed by atoms with Gasteiger partial charge in [-0.3, -0.25) is 9.78 Å². The minimum absolute atomic E-state index is 0.150. The molecule has 0 N–H and O–H groups in total. The van der Waals surface area contributed by atoms with Gasteiger partial charge in [0.1, 0.15) is 0 Å². The van der Waals surface area contributed by atoms with Crippen LogP contribution in [0.1, 0.15) is 60.6 Å². The topological polar surface area (TPSA) is 88.3 Å². The highest BCUT2D eigenvalue weighted by Crippen LogP contribution is 2.38. The van der Waals surface area contributed by atoms with Gasteiger partial charge in [0.25, 0.3) is 5.91 Å². The van der Waals surface area contributed by atoms with Gasteiger partial charge in [0.05, 0.1) is 17.4 Å². The second-order valence-corrected chi connectivity index (χ2v) is 8.03. The van der Waals surface area contributed by atoms with Crippen LogP contribution < -0.4 is 4.90 Å². The number of carbonyl (C=O) groups excluding carboxylic acids is 1. The van der Waals surface area contributed by atoms with E-state index in [9.17, 15) is 4.79 Å². The van der Waals surface area contributed by atoms with Gasteiger partial charge in [0, 0.05) is 50.9 Å². The van der Waals surface area contributed by atoms with Gasteiger partial charge in [0.2, 0.25) is 11.7 Å². The summed E-state index contributed by atoms with van der Waals surface area (Å²) in [5.41, 5.74) is 3.51. The zero-order valence-electron chi connectivity index (χ0n) is 17.7. The molecule has 4 heterocycles. The number of likely N-dealkylation sites (tertiary alicyclic amines) is 1. The molecule has 1 amide bonds. The highest BCUT2D eigenvalue weighted by Gasteiger charge is 2.35. The van der Waals surface area contributed by atoms with E-state index in [1.165, 1.54) is 0 Å². The molecule has 30 heavy (non-hydrogen) atoms. The molecule has 156 valence electrons. The van der Waals surface area contributed by atoms with Crippen molar-refractivity contribution in [2.24, 2.45) is 0 Å². The maximum atomic E-state index is 13.3. The van der Waals surface area contributed by atoms with Crippen LogP contribution in [0.2, 0.25) is 0 Å². The first-order valence-corrected chi connectivity index (χ1v) is 10.2. The van der Waals surface area contributed by atoms with Gasteiger partial charge in [-0.2, -0.15) is 0 Å². The molecule has 1 atom stereocenters. The number of nitrogens with zero attached hydrogens (tertiary/aromatic N) is 6. The van der Waals surface area contributed by atoms with E-state index in [-0.39, 0.29) is 23.6 Å². The monoisotopic (exact) mass is 406 g/mol. The Morgan fingerprint density at radius 2 is 2.03 bits per heavy atom. The molecular formula is C22H26N6O2. The molecule has 3 aromatic heterocycles. The van der Waals surface area contributed by atoms with E-state index in [1.54, 1.807) is 18.5 Å². The normalized spacial score (nSPS) is 16.3. The Hall–Kier alpha value is -3.29. The van der Waals surface area contributed by atoms with Crippen molar-refractivity contribution >= 4 is 11.9 Å². The number of carbonyl (C=O) groups is 1. The fourth-order valence-electron chi connectivity index (χ4n) is 3.71. The molecule has 0 spiro atoms. The average Bonchev–Trinajstić information content (AvgIpc) is 3.43. The highest BCUT2D eigenvalue weighted by molar-refractivity contribution is 5.92. The SMILES string of the molecule is CC(C)c1cc(C(=O)N2CCCC2c2nc(N(C)C)ncc2-c2ccncc2)on1. The summed E-state index contributed by atoms with van der Waals surface area (Å²) in [6, 6.07) is 5.46. The first kappa shape index (κ1) is 20.0. The number of hydrogen-bond donors (Lipinski definition) is 0. The van der Waals surface area contributed by atoms with E-state index in [1.807, 2.05) is 56.1 Å². The molecule has 1 aliphatic heterocycles. The molecule has 3 aromatic rings. The predicted molar refractivity (Wildman–Crippen MR) is 113 cm³/mol. The fraction of sp³-hybridized carbons (Fsp3) is 0.409. The average molecular weight is 406 g/mol. The van der Waals surface area contributed by atoms with E-state index < -0.39 is 0 Å². The minimum atomic E-state index is -0.157. The van der Waals surface area contributed by atoms with Crippen LogP contribution in [0.3, 0.4) is 0 Å². The van der Waals surface area contributed by atoms with Crippen LogP contribution in [-0.2, 0) is 0 Å².